The number of primary sulfonamides is 1. The van der Waals surface area contributed by atoms with Gasteiger partial charge in [0.15, 0.2) is 0 Å². The van der Waals surface area contributed by atoms with Crippen LogP contribution in [0.4, 0.5) is 13.2 Å². The maximum absolute atomic E-state index is 12.5. The van der Waals surface area contributed by atoms with Crippen LogP contribution in [0.25, 0.3) is 0 Å². The van der Waals surface area contributed by atoms with Crippen molar-refractivity contribution < 1.29 is 26.4 Å². The monoisotopic (exact) mass is 373 g/mol. The predicted octanol–water partition coefficient (Wildman–Crippen LogP) is 2.24. The summed E-state index contributed by atoms with van der Waals surface area (Å²) < 4.78 is 59.8. The fourth-order valence-electron chi connectivity index (χ4n) is 2.01. The Balaban J connectivity index is 2.09. The molecule has 25 heavy (non-hydrogen) atoms. The van der Waals surface area contributed by atoms with Gasteiger partial charge in [-0.05, 0) is 36.8 Å². The number of amides is 1. The van der Waals surface area contributed by atoms with E-state index in [0.29, 0.717) is 5.56 Å². The molecule has 1 amide bonds. The standard InChI is InChI=1S/C15H14F3N3O3S/c1-9(10-2-5-12(6-3-10)25(19,23)24)21-14(22)11-4-7-13(20-8-11)15(16,17)18/h2-9H,1H3,(H,21,22)(H2,19,23,24). The zero-order chi connectivity index (χ0) is 18.8. The molecular weight excluding hydrogens is 359 g/mol. The van der Waals surface area contributed by atoms with E-state index >= 15 is 0 Å². The Morgan fingerprint density at radius 1 is 1.16 bits per heavy atom. The summed E-state index contributed by atoms with van der Waals surface area (Å²) in [6.07, 6.45) is -3.73. The maximum Gasteiger partial charge on any atom is 0.433 e. The highest BCUT2D eigenvalue weighted by molar-refractivity contribution is 7.89. The van der Waals surface area contributed by atoms with Crippen molar-refractivity contribution in [3.8, 4) is 0 Å². The molecule has 10 heteroatoms. The smallest absolute Gasteiger partial charge is 0.345 e. The summed E-state index contributed by atoms with van der Waals surface area (Å²) in [5.41, 5.74) is -0.516. The Labute approximate surface area is 141 Å². The summed E-state index contributed by atoms with van der Waals surface area (Å²) in [4.78, 5) is 15.2. The molecule has 0 aliphatic heterocycles. The van der Waals surface area contributed by atoms with E-state index in [4.69, 9.17) is 5.14 Å². The van der Waals surface area contributed by atoms with Crippen molar-refractivity contribution in [3.63, 3.8) is 0 Å². The Kier molecular flexibility index (Phi) is 5.14. The molecule has 0 saturated heterocycles. The Hall–Kier alpha value is -2.46. The number of benzene rings is 1. The Bertz CT molecular complexity index is 864. The minimum absolute atomic E-state index is 0.0268. The van der Waals surface area contributed by atoms with E-state index in [1.807, 2.05) is 0 Å². The van der Waals surface area contributed by atoms with Crippen LogP contribution >= 0.6 is 0 Å². The molecule has 2 aromatic rings. The highest BCUT2D eigenvalue weighted by Gasteiger charge is 2.32. The third kappa shape index (κ3) is 4.77. The van der Waals surface area contributed by atoms with Gasteiger partial charge in [-0.15, -0.1) is 0 Å². The predicted molar refractivity (Wildman–Crippen MR) is 82.9 cm³/mol. The SMILES string of the molecule is CC(NC(=O)c1ccc(C(F)(F)F)nc1)c1ccc(S(N)(=O)=O)cc1. The molecule has 1 atom stereocenters. The number of aromatic nitrogens is 1. The minimum atomic E-state index is -4.58. The molecular formula is C15H14F3N3O3S. The Morgan fingerprint density at radius 2 is 1.76 bits per heavy atom. The zero-order valence-corrected chi connectivity index (χ0v) is 13.7. The van der Waals surface area contributed by atoms with Gasteiger partial charge in [0.2, 0.25) is 10.0 Å². The number of sulfonamides is 1. The van der Waals surface area contributed by atoms with Gasteiger partial charge in [0.25, 0.3) is 5.91 Å². The van der Waals surface area contributed by atoms with Gasteiger partial charge < -0.3 is 5.32 Å². The van der Waals surface area contributed by atoms with Crippen molar-refractivity contribution in [1.29, 1.82) is 0 Å². The van der Waals surface area contributed by atoms with E-state index in [2.05, 4.69) is 10.3 Å². The fraction of sp³-hybridized carbons (Fsp3) is 0.200. The van der Waals surface area contributed by atoms with Crippen LogP contribution in [0.1, 0.15) is 34.6 Å². The van der Waals surface area contributed by atoms with Crippen LogP contribution in [0, 0.1) is 0 Å². The number of nitrogens with two attached hydrogens (primary N) is 1. The van der Waals surface area contributed by atoms with Gasteiger partial charge in [-0.2, -0.15) is 13.2 Å². The first-order valence-corrected chi connectivity index (χ1v) is 8.50. The number of hydrogen-bond acceptors (Lipinski definition) is 4. The third-order valence-electron chi connectivity index (χ3n) is 3.37. The van der Waals surface area contributed by atoms with Crippen LogP contribution in [0.3, 0.4) is 0 Å². The number of halogens is 3. The number of hydrogen-bond donors (Lipinski definition) is 2. The summed E-state index contributed by atoms with van der Waals surface area (Å²) >= 11 is 0. The second-order valence-corrected chi connectivity index (χ2v) is 6.80. The van der Waals surface area contributed by atoms with Crippen LogP contribution in [-0.2, 0) is 16.2 Å². The lowest BCUT2D eigenvalue weighted by Gasteiger charge is -2.15. The first kappa shape index (κ1) is 18.9. The van der Waals surface area contributed by atoms with Gasteiger partial charge >= 0.3 is 6.18 Å². The molecule has 0 bridgehead atoms. The molecule has 134 valence electrons. The van der Waals surface area contributed by atoms with Crippen molar-refractivity contribution in [3.05, 3.63) is 59.4 Å². The lowest BCUT2D eigenvalue weighted by atomic mass is 10.1. The number of nitrogens with zero attached hydrogens (tertiary/aromatic N) is 1. The van der Waals surface area contributed by atoms with Gasteiger partial charge in [-0.1, -0.05) is 12.1 Å². The quantitative estimate of drug-likeness (QED) is 0.858. The van der Waals surface area contributed by atoms with E-state index in [1.165, 1.54) is 24.3 Å². The fourth-order valence-corrected chi connectivity index (χ4v) is 2.52. The molecule has 0 radical (unpaired) electrons. The molecule has 0 saturated carbocycles. The van der Waals surface area contributed by atoms with Crippen molar-refractivity contribution >= 4 is 15.9 Å². The molecule has 0 spiro atoms. The highest BCUT2D eigenvalue weighted by atomic mass is 32.2. The normalized spacial score (nSPS) is 13.3. The average molecular weight is 373 g/mol. The number of carbonyl (C=O) groups is 1. The summed E-state index contributed by atoms with van der Waals surface area (Å²) in [6, 6.07) is 6.80. The lowest BCUT2D eigenvalue weighted by Crippen LogP contribution is -2.27. The molecule has 2 rings (SSSR count). The molecule has 3 N–H and O–H groups in total. The number of alkyl halides is 3. The van der Waals surface area contributed by atoms with Crippen molar-refractivity contribution in [2.45, 2.75) is 24.0 Å². The molecule has 1 aromatic heterocycles. The van der Waals surface area contributed by atoms with E-state index in [9.17, 15) is 26.4 Å². The van der Waals surface area contributed by atoms with Crippen LogP contribution in [0.5, 0.6) is 0 Å². The van der Waals surface area contributed by atoms with Crippen LogP contribution in [0.2, 0.25) is 0 Å². The van der Waals surface area contributed by atoms with Crippen molar-refractivity contribution in [2.24, 2.45) is 5.14 Å². The number of pyridine rings is 1. The van der Waals surface area contributed by atoms with Gasteiger partial charge in [0, 0.05) is 6.20 Å². The topological polar surface area (TPSA) is 102 Å². The number of rotatable bonds is 4. The van der Waals surface area contributed by atoms with Crippen molar-refractivity contribution in [1.82, 2.24) is 10.3 Å². The first-order valence-electron chi connectivity index (χ1n) is 6.95. The van der Waals surface area contributed by atoms with E-state index in [0.717, 1.165) is 18.3 Å². The maximum atomic E-state index is 12.5. The first-order chi connectivity index (χ1) is 11.5. The molecule has 1 aromatic carbocycles. The molecule has 0 fully saturated rings. The highest BCUT2D eigenvalue weighted by Crippen LogP contribution is 2.27. The number of carbonyl (C=O) groups excluding carboxylic acids is 1. The summed E-state index contributed by atoms with van der Waals surface area (Å²) in [7, 11) is -3.82. The molecule has 1 unspecified atom stereocenters. The molecule has 6 nitrogen and oxygen atoms in total. The Morgan fingerprint density at radius 3 is 2.20 bits per heavy atom. The van der Waals surface area contributed by atoms with E-state index in [-0.39, 0.29) is 10.5 Å². The van der Waals surface area contributed by atoms with Gasteiger partial charge in [0.05, 0.1) is 16.5 Å². The van der Waals surface area contributed by atoms with Crippen LogP contribution < -0.4 is 10.5 Å². The van der Waals surface area contributed by atoms with E-state index in [1.54, 1.807) is 6.92 Å². The summed E-state index contributed by atoms with van der Waals surface area (Å²) in [5, 5.41) is 7.59. The van der Waals surface area contributed by atoms with Crippen LogP contribution in [-0.4, -0.2) is 19.3 Å². The second-order valence-electron chi connectivity index (χ2n) is 5.24. The zero-order valence-electron chi connectivity index (χ0n) is 12.9. The van der Waals surface area contributed by atoms with Gasteiger partial charge in [-0.25, -0.2) is 13.6 Å². The van der Waals surface area contributed by atoms with Gasteiger partial charge in [-0.3, -0.25) is 9.78 Å². The minimum Gasteiger partial charge on any atom is -0.345 e. The lowest BCUT2D eigenvalue weighted by molar-refractivity contribution is -0.141. The molecule has 1 heterocycles. The third-order valence-corrected chi connectivity index (χ3v) is 4.30. The summed E-state index contributed by atoms with van der Waals surface area (Å²) in [5.74, 6) is -0.607. The largest absolute Gasteiger partial charge is 0.433 e. The van der Waals surface area contributed by atoms with Gasteiger partial charge in [0.1, 0.15) is 5.69 Å². The van der Waals surface area contributed by atoms with Crippen LogP contribution in [0.15, 0.2) is 47.5 Å². The van der Waals surface area contributed by atoms with Crippen molar-refractivity contribution in [2.75, 3.05) is 0 Å². The molecule has 0 aliphatic rings. The molecule has 0 aliphatic carbocycles. The average Bonchev–Trinajstić information content (AvgIpc) is 2.53. The van der Waals surface area contributed by atoms with E-state index < -0.39 is 33.8 Å². The second kappa shape index (κ2) is 6.81. The summed E-state index contributed by atoms with van der Waals surface area (Å²) in [6.45, 7) is 1.64. The number of nitrogens with one attached hydrogen (secondary N) is 1.